The molecule has 0 aliphatic carbocycles. The number of morpholine rings is 1. The molecule has 2 atom stereocenters. The Morgan fingerprint density at radius 3 is 2.68 bits per heavy atom. The van der Waals surface area contributed by atoms with Gasteiger partial charge in [-0.25, -0.2) is 0 Å². The van der Waals surface area contributed by atoms with E-state index in [9.17, 15) is 0 Å². The SMILES string of the molecule is CC(C)NCC1OCCN(C)C1c1ccc(Cl)cc1. The Hall–Kier alpha value is -0.610. The maximum Gasteiger partial charge on any atom is 0.0896 e. The topological polar surface area (TPSA) is 24.5 Å². The highest BCUT2D eigenvalue weighted by Crippen LogP contribution is 2.28. The molecule has 19 heavy (non-hydrogen) atoms. The molecule has 1 aliphatic heterocycles. The number of likely N-dealkylation sites (N-methyl/N-ethyl adjacent to an activating group) is 1. The van der Waals surface area contributed by atoms with Crippen molar-refractivity contribution < 1.29 is 4.74 Å². The van der Waals surface area contributed by atoms with Gasteiger partial charge >= 0.3 is 0 Å². The first-order valence-electron chi connectivity index (χ1n) is 6.88. The molecule has 1 N–H and O–H groups in total. The van der Waals surface area contributed by atoms with Gasteiger partial charge in [0.2, 0.25) is 0 Å². The molecule has 4 heteroatoms. The molecule has 0 spiro atoms. The lowest BCUT2D eigenvalue weighted by atomic mass is 9.98. The van der Waals surface area contributed by atoms with Gasteiger partial charge in [0.05, 0.1) is 18.8 Å². The third-order valence-electron chi connectivity index (χ3n) is 3.54. The van der Waals surface area contributed by atoms with E-state index in [2.05, 4.69) is 43.2 Å². The van der Waals surface area contributed by atoms with Crippen molar-refractivity contribution in [1.29, 1.82) is 0 Å². The molecule has 106 valence electrons. The van der Waals surface area contributed by atoms with Crippen molar-refractivity contribution in [1.82, 2.24) is 10.2 Å². The summed E-state index contributed by atoms with van der Waals surface area (Å²) < 4.78 is 5.96. The van der Waals surface area contributed by atoms with Gasteiger partial charge in [-0.1, -0.05) is 37.6 Å². The minimum atomic E-state index is 0.183. The fourth-order valence-corrected chi connectivity index (χ4v) is 2.64. The first kappa shape index (κ1) is 14.8. The van der Waals surface area contributed by atoms with Crippen molar-refractivity contribution in [3.8, 4) is 0 Å². The highest BCUT2D eigenvalue weighted by atomic mass is 35.5. The van der Waals surface area contributed by atoms with E-state index in [4.69, 9.17) is 16.3 Å². The molecule has 0 amide bonds. The van der Waals surface area contributed by atoms with Gasteiger partial charge in [0.25, 0.3) is 0 Å². The number of ether oxygens (including phenoxy) is 1. The van der Waals surface area contributed by atoms with Crippen molar-refractivity contribution in [3.63, 3.8) is 0 Å². The molecule has 2 unspecified atom stereocenters. The highest BCUT2D eigenvalue weighted by molar-refractivity contribution is 6.30. The van der Waals surface area contributed by atoms with Crippen LogP contribution >= 0.6 is 11.6 Å². The Morgan fingerprint density at radius 1 is 1.37 bits per heavy atom. The van der Waals surface area contributed by atoms with Crippen molar-refractivity contribution in [2.75, 3.05) is 26.7 Å². The van der Waals surface area contributed by atoms with E-state index in [1.165, 1.54) is 5.56 Å². The number of nitrogens with zero attached hydrogens (tertiary/aromatic N) is 1. The van der Waals surface area contributed by atoms with Crippen LogP contribution in [0.4, 0.5) is 0 Å². The van der Waals surface area contributed by atoms with Gasteiger partial charge in [-0.3, -0.25) is 4.90 Å². The second-order valence-electron chi connectivity index (χ2n) is 5.45. The van der Waals surface area contributed by atoms with E-state index in [-0.39, 0.29) is 12.1 Å². The summed E-state index contributed by atoms with van der Waals surface area (Å²) in [5, 5.41) is 4.25. The van der Waals surface area contributed by atoms with E-state index < -0.39 is 0 Å². The second kappa shape index (κ2) is 6.71. The molecular formula is C15H23ClN2O. The second-order valence-corrected chi connectivity index (χ2v) is 5.89. The molecule has 0 saturated carbocycles. The summed E-state index contributed by atoms with van der Waals surface area (Å²) in [6.45, 7) is 6.94. The average molecular weight is 283 g/mol. The molecule has 1 saturated heterocycles. The standard InChI is InChI=1S/C15H23ClN2O/c1-11(2)17-10-14-15(18(3)8-9-19-14)12-4-6-13(16)7-5-12/h4-7,11,14-15,17H,8-10H2,1-3H3. The zero-order valence-electron chi connectivity index (χ0n) is 11.9. The van der Waals surface area contributed by atoms with Crippen molar-refractivity contribution in [2.45, 2.75) is 32.0 Å². The average Bonchev–Trinajstić information content (AvgIpc) is 2.38. The molecular weight excluding hydrogens is 260 g/mol. The summed E-state index contributed by atoms with van der Waals surface area (Å²) in [6.07, 6.45) is 0.183. The number of hydrogen-bond donors (Lipinski definition) is 1. The van der Waals surface area contributed by atoms with Crippen LogP contribution in [0, 0.1) is 0 Å². The third kappa shape index (κ3) is 3.93. The monoisotopic (exact) mass is 282 g/mol. The minimum absolute atomic E-state index is 0.183. The summed E-state index contributed by atoms with van der Waals surface area (Å²) in [5.41, 5.74) is 1.27. The molecule has 0 aromatic heterocycles. The van der Waals surface area contributed by atoms with Crippen LogP contribution in [0.2, 0.25) is 5.02 Å². The number of hydrogen-bond acceptors (Lipinski definition) is 3. The molecule has 0 radical (unpaired) electrons. The van der Waals surface area contributed by atoms with Gasteiger partial charge in [0, 0.05) is 24.2 Å². The first-order valence-corrected chi connectivity index (χ1v) is 7.26. The Morgan fingerprint density at radius 2 is 2.05 bits per heavy atom. The van der Waals surface area contributed by atoms with E-state index in [1.807, 2.05) is 12.1 Å². The number of rotatable bonds is 4. The number of nitrogens with one attached hydrogen (secondary N) is 1. The number of benzene rings is 1. The Kier molecular flexibility index (Phi) is 5.22. The quantitative estimate of drug-likeness (QED) is 0.919. The van der Waals surface area contributed by atoms with Crippen LogP contribution in [-0.2, 0) is 4.74 Å². The Balaban J connectivity index is 2.13. The van der Waals surface area contributed by atoms with E-state index in [1.54, 1.807) is 0 Å². The third-order valence-corrected chi connectivity index (χ3v) is 3.79. The van der Waals surface area contributed by atoms with Crippen LogP contribution in [0.1, 0.15) is 25.5 Å². The van der Waals surface area contributed by atoms with Gasteiger partial charge in [0.1, 0.15) is 0 Å². The smallest absolute Gasteiger partial charge is 0.0896 e. The zero-order chi connectivity index (χ0) is 13.8. The fraction of sp³-hybridized carbons (Fsp3) is 0.600. The molecule has 2 rings (SSSR count). The fourth-order valence-electron chi connectivity index (χ4n) is 2.51. The first-order chi connectivity index (χ1) is 9.08. The maximum atomic E-state index is 5.97. The van der Waals surface area contributed by atoms with Crippen molar-refractivity contribution in [3.05, 3.63) is 34.9 Å². The molecule has 1 aromatic carbocycles. The van der Waals surface area contributed by atoms with Crippen LogP contribution in [-0.4, -0.2) is 43.8 Å². The lowest BCUT2D eigenvalue weighted by molar-refractivity contribution is -0.0620. The molecule has 1 fully saturated rings. The van der Waals surface area contributed by atoms with Crippen molar-refractivity contribution >= 4 is 11.6 Å². The van der Waals surface area contributed by atoms with Crippen LogP contribution in [0.15, 0.2) is 24.3 Å². The highest BCUT2D eigenvalue weighted by Gasteiger charge is 2.31. The minimum Gasteiger partial charge on any atom is -0.374 e. The van der Waals surface area contributed by atoms with Crippen molar-refractivity contribution in [2.24, 2.45) is 0 Å². The van der Waals surface area contributed by atoms with Gasteiger partial charge in [-0.15, -0.1) is 0 Å². The van der Waals surface area contributed by atoms with Gasteiger partial charge < -0.3 is 10.1 Å². The normalized spacial score (nSPS) is 24.9. The lowest BCUT2D eigenvalue weighted by Gasteiger charge is -2.40. The summed E-state index contributed by atoms with van der Waals surface area (Å²) in [7, 11) is 2.16. The van der Waals surface area contributed by atoms with Gasteiger partial charge in [-0.2, -0.15) is 0 Å². The predicted molar refractivity (Wildman–Crippen MR) is 79.7 cm³/mol. The van der Waals surface area contributed by atoms with Gasteiger partial charge in [-0.05, 0) is 24.7 Å². The molecule has 3 nitrogen and oxygen atoms in total. The summed E-state index contributed by atoms with van der Waals surface area (Å²) in [6, 6.07) is 8.86. The Bertz CT molecular complexity index is 394. The maximum absolute atomic E-state index is 5.97. The van der Waals surface area contributed by atoms with Gasteiger partial charge in [0.15, 0.2) is 0 Å². The Labute approximate surface area is 120 Å². The molecule has 1 aromatic rings. The zero-order valence-corrected chi connectivity index (χ0v) is 12.7. The number of halogens is 1. The van der Waals surface area contributed by atoms with Crippen LogP contribution < -0.4 is 5.32 Å². The van der Waals surface area contributed by atoms with Crippen LogP contribution in [0.5, 0.6) is 0 Å². The van der Waals surface area contributed by atoms with E-state index in [0.29, 0.717) is 6.04 Å². The summed E-state index contributed by atoms with van der Waals surface area (Å²) in [4.78, 5) is 2.36. The van der Waals surface area contributed by atoms with E-state index in [0.717, 1.165) is 24.7 Å². The van der Waals surface area contributed by atoms with E-state index >= 15 is 0 Å². The molecule has 1 heterocycles. The predicted octanol–water partition coefficient (Wildman–Crippen LogP) is 2.71. The molecule has 1 aliphatic rings. The lowest BCUT2D eigenvalue weighted by Crippen LogP contribution is -2.48. The van der Waals surface area contributed by atoms with Crippen LogP contribution in [0.3, 0.4) is 0 Å². The summed E-state index contributed by atoms with van der Waals surface area (Å²) >= 11 is 5.97. The van der Waals surface area contributed by atoms with Crippen LogP contribution in [0.25, 0.3) is 0 Å². The summed E-state index contributed by atoms with van der Waals surface area (Å²) in [5.74, 6) is 0. The largest absolute Gasteiger partial charge is 0.374 e. The molecule has 0 bridgehead atoms.